The normalized spacial score (nSPS) is 18.7. The van der Waals surface area contributed by atoms with Gasteiger partial charge in [-0.25, -0.2) is 4.68 Å². The minimum Gasteiger partial charge on any atom is -0.460 e. The van der Waals surface area contributed by atoms with Gasteiger partial charge < -0.3 is 9.84 Å². The molecule has 228 valence electrons. The molecule has 1 saturated carbocycles. The van der Waals surface area contributed by atoms with Crippen LogP contribution in [0.15, 0.2) is 48.7 Å². The highest BCUT2D eigenvalue weighted by molar-refractivity contribution is 6.36. The predicted molar refractivity (Wildman–Crippen MR) is 156 cm³/mol. The molecule has 7 nitrogen and oxygen atoms in total. The molecule has 43 heavy (non-hydrogen) atoms. The Bertz CT molecular complexity index is 1660. The molecule has 1 unspecified atom stereocenters. The Hall–Kier alpha value is -3.50. The van der Waals surface area contributed by atoms with E-state index in [4.69, 9.17) is 21.3 Å². The Labute approximate surface area is 253 Å². The number of hydrogen-bond acceptors (Lipinski definition) is 6. The number of nitrogens with zero attached hydrogens (tertiary/aromatic N) is 4. The zero-order valence-electron chi connectivity index (χ0n) is 24.7. The topological polar surface area (TPSA) is 90.1 Å². The van der Waals surface area contributed by atoms with Gasteiger partial charge in [0.2, 0.25) is 0 Å². The highest BCUT2D eigenvalue weighted by Crippen LogP contribution is 2.50. The van der Waals surface area contributed by atoms with E-state index in [2.05, 4.69) is 10.3 Å². The van der Waals surface area contributed by atoms with Gasteiger partial charge in [-0.3, -0.25) is 9.78 Å². The summed E-state index contributed by atoms with van der Waals surface area (Å²) in [5, 5.41) is 21.5. The maximum atomic E-state index is 13.1. The zero-order chi connectivity index (χ0) is 31.3. The fourth-order valence-electron chi connectivity index (χ4n) is 5.80. The summed E-state index contributed by atoms with van der Waals surface area (Å²) in [4.78, 5) is 17.5. The number of benzene rings is 2. The van der Waals surface area contributed by atoms with Crippen LogP contribution in [0.25, 0.3) is 10.9 Å². The molecule has 2 aromatic heterocycles. The Balaban J connectivity index is 1.54. The van der Waals surface area contributed by atoms with Crippen molar-refractivity contribution in [3.8, 4) is 0 Å². The first-order valence-corrected chi connectivity index (χ1v) is 14.6. The maximum absolute atomic E-state index is 13.1. The maximum Gasteiger partial charge on any atom is 0.416 e. The number of halogens is 4. The first kappa shape index (κ1) is 30.9. The van der Waals surface area contributed by atoms with Gasteiger partial charge in [0.25, 0.3) is 0 Å². The van der Waals surface area contributed by atoms with Gasteiger partial charge in [-0.05, 0) is 86.9 Å². The second-order valence-corrected chi connectivity index (χ2v) is 12.6. The molecular weight excluding hydrogens is 581 g/mol. The van der Waals surface area contributed by atoms with E-state index in [1.807, 2.05) is 27.7 Å². The summed E-state index contributed by atoms with van der Waals surface area (Å²) in [6.45, 7) is 7.41. The number of rotatable bonds is 7. The van der Waals surface area contributed by atoms with Gasteiger partial charge >= 0.3 is 12.1 Å². The number of aliphatic hydroxyl groups is 1. The minimum absolute atomic E-state index is 0.292. The van der Waals surface area contributed by atoms with E-state index >= 15 is 0 Å². The molecule has 0 aliphatic heterocycles. The van der Waals surface area contributed by atoms with Crippen LogP contribution in [0.1, 0.15) is 74.2 Å². The van der Waals surface area contributed by atoms with Gasteiger partial charge in [-0.15, -0.1) is 5.10 Å². The first-order chi connectivity index (χ1) is 20.1. The van der Waals surface area contributed by atoms with Crippen LogP contribution in [0, 0.1) is 11.8 Å². The Morgan fingerprint density at radius 2 is 1.74 bits per heavy atom. The molecule has 0 saturated heterocycles. The van der Waals surface area contributed by atoms with E-state index in [0.29, 0.717) is 64.0 Å². The van der Waals surface area contributed by atoms with E-state index in [1.165, 1.54) is 23.0 Å². The quantitative estimate of drug-likeness (QED) is 0.231. The summed E-state index contributed by atoms with van der Waals surface area (Å²) in [7, 11) is 1.70. The summed E-state index contributed by atoms with van der Waals surface area (Å²) >= 11 is 7.02. The number of aryl methyl sites for hydroxylation is 2. The number of aromatic nitrogens is 4. The van der Waals surface area contributed by atoms with Crippen molar-refractivity contribution in [3.05, 3.63) is 87.3 Å². The van der Waals surface area contributed by atoms with Crippen molar-refractivity contribution in [2.45, 2.75) is 70.8 Å². The van der Waals surface area contributed by atoms with Gasteiger partial charge in [0, 0.05) is 24.5 Å². The van der Waals surface area contributed by atoms with Crippen LogP contribution in [-0.2, 0) is 41.2 Å². The molecule has 2 aromatic carbocycles. The standard InChI is InChI=1S/C32H34ClF3N4O3/c1-6-25-23(13-18-7-9-20(10-8-18)32(34,35)36)28(33)24-16-21(11-12-26(24)38-25)31(42,27-17-37-39-40(27)5)22-14-19(15-22)29(41)43-30(2,3)4/h7-12,16-17,19,22,42H,6,13-15H2,1-5H3. The number of alkyl halides is 3. The lowest BCUT2D eigenvalue weighted by Crippen LogP contribution is -2.48. The third-order valence-corrected chi connectivity index (χ3v) is 8.54. The average molecular weight is 615 g/mol. The summed E-state index contributed by atoms with van der Waals surface area (Å²) < 4.78 is 46.4. The highest BCUT2D eigenvalue weighted by Gasteiger charge is 2.51. The van der Waals surface area contributed by atoms with Gasteiger partial charge in [-0.1, -0.05) is 41.9 Å². The summed E-state index contributed by atoms with van der Waals surface area (Å²) in [6, 6.07) is 10.4. The zero-order valence-corrected chi connectivity index (χ0v) is 25.4. The SMILES string of the molecule is CCc1nc2ccc(C(O)(c3cnnn3C)C3CC(C(=O)OC(C)(C)C)C3)cc2c(Cl)c1Cc1ccc(C(F)(F)F)cc1. The number of hydrogen-bond donors (Lipinski definition) is 1. The third-order valence-electron chi connectivity index (χ3n) is 8.11. The Morgan fingerprint density at radius 1 is 1.09 bits per heavy atom. The molecule has 2 heterocycles. The van der Waals surface area contributed by atoms with Crippen LogP contribution in [0.3, 0.4) is 0 Å². The molecule has 0 spiro atoms. The number of fused-ring (bicyclic) bond motifs is 1. The molecule has 0 bridgehead atoms. The largest absolute Gasteiger partial charge is 0.460 e. The molecule has 1 aliphatic rings. The minimum atomic E-state index is -4.42. The average Bonchev–Trinajstić information content (AvgIpc) is 3.34. The molecule has 11 heteroatoms. The third kappa shape index (κ3) is 5.99. The highest BCUT2D eigenvalue weighted by atomic mass is 35.5. The number of ether oxygens (including phenoxy) is 1. The van der Waals surface area contributed by atoms with Crippen molar-refractivity contribution in [2.24, 2.45) is 18.9 Å². The second-order valence-electron chi connectivity index (χ2n) is 12.2. The molecule has 0 amide bonds. The molecular formula is C32H34ClF3N4O3. The lowest BCUT2D eigenvalue weighted by Gasteiger charge is -2.45. The summed E-state index contributed by atoms with van der Waals surface area (Å²) in [5.74, 6) is -0.960. The fraction of sp³-hybridized carbons (Fsp3) is 0.438. The molecule has 1 aliphatic carbocycles. The van der Waals surface area contributed by atoms with Crippen LogP contribution in [0.2, 0.25) is 5.02 Å². The summed E-state index contributed by atoms with van der Waals surface area (Å²) in [5.41, 5.74) is 0.920. The van der Waals surface area contributed by atoms with E-state index in [1.54, 1.807) is 25.2 Å². The first-order valence-electron chi connectivity index (χ1n) is 14.2. The second kappa shape index (κ2) is 11.2. The lowest BCUT2D eigenvalue weighted by atomic mass is 9.63. The molecule has 0 radical (unpaired) electrons. The molecule has 1 atom stereocenters. The van der Waals surface area contributed by atoms with Gasteiger partial charge in [0.1, 0.15) is 11.2 Å². The van der Waals surface area contributed by atoms with E-state index in [0.717, 1.165) is 17.8 Å². The van der Waals surface area contributed by atoms with Crippen LogP contribution in [0.5, 0.6) is 0 Å². The monoisotopic (exact) mass is 614 g/mol. The fourth-order valence-corrected chi connectivity index (χ4v) is 6.13. The predicted octanol–water partition coefficient (Wildman–Crippen LogP) is 6.79. The van der Waals surface area contributed by atoms with Gasteiger partial charge in [0.05, 0.1) is 33.9 Å². The molecule has 1 fully saturated rings. The van der Waals surface area contributed by atoms with E-state index < -0.39 is 22.9 Å². The molecule has 5 rings (SSSR count). The molecule has 1 N–H and O–H groups in total. The van der Waals surface area contributed by atoms with Gasteiger partial charge in [0.15, 0.2) is 0 Å². The van der Waals surface area contributed by atoms with Crippen LogP contribution < -0.4 is 0 Å². The number of carbonyl (C=O) groups excluding carboxylic acids is 1. The summed E-state index contributed by atoms with van der Waals surface area (Å²) in [6.07, 6.45) is -1.21. The molecule has 4 aromatic rings. The smallest absolute Gasteiger partial charge is 0.416 e. The lowest BCUT2D eigenvalue weighted by molar-refractivity contribution is -0.169. The number of carbonyl (C=O) groups is 1. The van der Waals surface area contributed by atoms with Crippen molar-refractivity contribution in [3.63, 3.8) is 0 Å². The number of pyridine rings is 1. The van der Waals surface area contributed by atoms with Crippen LogP contribution >= 0.6 is 11.6 Å². The van der Waals surface area contributed by atoms with Crippen molar-refractivity contribution in [1.82, 2.24) is 20.0 Å². The van der Waals surface area contributed by atoms with E-state index in [9.17, 15) is 23.1 Å². The van der Waals surface area contributed by atoms with Crippen molar-refractivity contribution < 1.29 is 27.8 Å². The van der Waals surface area contributed by atoms with Crippen molar-refractivity contribution in [1.29, 1.82) is 0 Å². The Morgan fingerprint density at radius 3 is 2.30 bits per heavy atom. The van der Waals surface area contributed by atoms with Crippen molar-refractivity contribution in [2.75, 3.05) is 0 Å². The van der Waals surface area contributed by atoms with Gasteiger partial charge in [-0.2, -0.15) is 13.2 Å². The number of esters is 1. The Kier molecular flexibility index (Phi) is 8.07. The van der Waals surface area contributed by atoms with Crippen LogP contribution in [0.4, 0.5) is 13.2 Å². The van der Waals surface area contributed by atoms with Crippen molar-refractivity contribution >= 4 is 28.5 Å². The van der Waals surface area contributed by atoms with E-state index in [-0.39, 0.29) is 17.8 Å². The van der Waals surface area contributed by atoms with Crippen LogP contribution in [-0.4, -0.2) is 36.7 Å².